The van der Waals surface area contributed by atoms with Crippen LogP contribution in [0.1, 0.15) is 52.9 Å². The summed E-state index contributed by atoms with van der Waals surface area (Å²) in [5, 5.41) is 0. The zero-order valence-corrected chi connectivity index (χ0v) is 23.9. The highest BCUT2D eigenvalue weighted by atomic mass is 19.1. The Labute approximate surface area is 247 Å². The van der Waals surface area contributed by atoms with Crippen LogP contribution < -0.4 is 4.74 Å². The fraction of sp³-hybridized carbons (Fsp3) is 0.375. The minimum atomic E-state index is -0.357. The summed E-state index contributed by atoms with van der Waals surface area (Å²) in [6, 6.07) is 15.6. The number of oxazole rings is 1. The lowest BCUT2D eigenvalue weighted by atomic mass is 9.93. The number of fused-ring (bicyclic) bond motifs is 2. The van der Waals surface area contributed by atoms with Crippen molar-refractivity contribution in [3.63, 3.8) is 0 Å². The molecule has 2 aliphatic heterocycles. The number of ether oxygens (including phenoxy) is 3. The van der Waals surface area contributed by atoms with Crippen LogP contribution in [0, 0.1) is 5.82 Å². The molecule has 1 atom stereocenters. The monoisotopic (exact) mass is 585 g/mol. The Bertz CT molecular complexity index is 1770. The van der Waals surface area contributed by atoms with Crippen LogP contribution in [0.2, 0.25) is 0 Å². The van der Waals surface area contributed by atoms with Gasteiger partial charge in [-0.3, -0.25) is 4.90 Å². The van der Waals surface area contributed by atoms with E-state index < -0.39 is 0 Å². The molecular weight excluding hydrogens is 553 g/mol. The van der Waals surface area contributed by atoms with Crippen LogP contribution in [0.4, 0.5) is 4.39 Å². The average molecular weight is 586 g/mol. The Morgan fingerprint density at radius 1 is 1.02 bits per heavy atom. The molecule has 1 unspecified atom stereocenters. The van der Waals surface area contributed by atoms with E-state index in [1.54, 1.807) is 12.1 Å². The van der Waals surface area contributed by atoms with Gasteiger partial charge in [0.05, 0.1) is 42.9 Å². The SMILES string of the molecule is COC(=O)c1ccc2nc(CN3CCC(c4cccc(OCc5nc6cc(F)ccc6o5)n4)CC3)n(CC3CCO3)c2c1. The molecule has 0 aliphatic carbocycles. The number of piperidine rings is 1. The summed E-state index contributed by atoms with van der Waals surface area (Å²) in [5.74, 6) is 1.46. The number of pyridine rings is 1. The second-order valence-electron chi connectivity index (χ2n) is 11.1. The molecule has 2 saturated heterocycles. The number of rotatable bonds is 9. The van der Waals surface area contributed by atoms with E-state index in [9.17, 15) is 9.18 Å². The van der Waals surface area contributed by atoms with Crippen LogP contribution in [0.5, 0.6) is 5.88 Å². The molecule has 11 heteroatoms. The van der Waals surface area contributed by atoms with Crippen molar-refractivity contribution in [1.29, 1.82) is 0 Å². The van der Waals surface area contributed by atoms with Gasteiger partial charge in [0.1, 0.15) is 17.2 Å². The van der Waals surface area contributed by atoms with Gasteiger partial charge in [0.2, 0.25) is 11.8 Å². The first-order chi connectivity index (χ1) is 21.0. The fourth-order valence-electron chi connectivity index (χ4n) is 5.85. The maximum atomic E-state index is 13.5. The molecule has 10 nitrogen and oxygen atoms in total. The number of hydrogen-bond donors (Lipinski definition) is 0. The highest BCUT2D eigenvalue weighted by molar-refractivity contribution is 5.93. The Hall–Kier alpha value is -4.35. The summed E-state index contributed by atoms with van der Waals surface area (Å²) in [6.45, 7) is 4.14. The van der Waals surface area contributed by atoms with E-state index >= 15 is 0 Å². The summed E-state index contributed by atoms with van der Waals surface area (Å²) >= 11 is 0. The minimum Gasteiger partial charge on any atom is -0.468 e. The van der Waals surface area contributed by atoms with Crippen molar-refractivity contribution in [3.8, 4) is 5.88 Å². The molecule has 43 heavy (non-hydrogen) atoms. The van der Waals surface area contributed by atoms with E-state index in [1.165, 1.54) is 19.2 Å². The van der Waals surface area contributed by atoms with Gasteiger partial charge < -0.3 is 23.2 Å². The third-order valence-corrected chi connectivity index (χ3v) is 8.28. The zero-order valence-electron chi connectivity index (χ0n) is 23.9. The van der Waals surface area contributed by atoms with E-state index in [-0.39, 0.29) is 24.5 Å². The number of halogens is 1. The number of benzene rings is 2. The third-order valence-electron chi connectivity index (χ3n) is 8.28. The number of aromatic nitrogens is 4. The van der Waals surface area contributed by atoms with Gasteiger partial charge in [-0.15, -0.1) is 0 Å². The van der Waals surface area contributed by atoms with Crippen molar-refractivity contribution in [2.45, 2.75) is 51.0 Å². The van der Waals surface area contributed by atoms with E-state index in [0.717, 1.165) is 61.5 Å². The molecule has 0 bridgehead atoms. The molecule has 0 radical (unpaired) electrons. The van der Waals surface area contributed by atoms with Gasteiger partial charge in [0.25, 0.3) is 0 Å². The van der Waals surface area contributed by atoms with Crippen LogP contribution in [-0.4, -0.2) is 63.3 Å². The molecule has 0 N–H and O–H groups in total. The van der Waals surface area contributed by atoms with Gasteiger partial charge in [-0.05, 0) is 68.8 Å². The lowest BCUT2D eigenvalue weighted by molar-refractivity contribution is -0.0592. The van der Waals surface area contributed by atoms with Gasteiger partial charge in [-0.2, -0.15) is 0 Å². The molecule has 0 amide bonds. The molecule has 2 aliphatic rings. The summed E-state index contributed by atoms with van der Waals surface area (Å²) in [7, 11) is 1.39. The van der Waals surface area contributed by atoms with Gasteiger partial charge >= 0.3 is 5.97 Å². The molecule has 3 aromatic heterocycles. The molecule has 5 aromatic rings. The second-order valence-corrected chi connectivity index (χ2v) is 11.1. The maximum Gasteiger partial charge on any atom is 0.337 e. The minimum absolute atomic E-state index is 0.110. The van der Waals surface area contributed by atoms with Gasteiger partial charge in [0.15, 0.2) is 12.2 Å². The van der Waals surface area contributed by atoms with Crippen LogP contribution >= 0.6 is 0 Å². The molecule has 2 aromatic carbocycles. The number of nitrogens with zero attached hydrogens (tertiary/aromatic N) is 5. The highest BCUT2D eigenvalue weighted by Gasteiger charge is 2.26. The lowest BCUT2D eigenvalue weighted by Gasteiger charge is -2.32. The predicted octanol–water partition coefficient (Wildman–Crippen LogP) is 5.25. The molecule has 2 fully saturated rings. The standard InChI is InChI=1S/C32H32FN5O5/c1-40-32(39)21-5-7-25-27(15-21)38(17-23-11-14-41-23)29(34-25)18-37-12-9-20(10-13-37)24-3-2-4-30(35-24)42-19-31-36-26-16-22(33)6-8-28(26)43-31/h2-8,15-16,20,23H,9-14,17-19H2,1H3. The fourth-order valence-corrected chi connectivity index (χ4v) is 5.85. The van der Waals surface area contributed by atoms with Crippen LogP contribution in [0.15, 0.2) is 59.0 Å². The molecule has 0 spiro atoms. The predicted molar refractivity (Wildman–Crippen MR) is 155 cm³/mol. The van der Waals surface area contributed by atoms with E-state index in [0.29, 0.717) is 47.4 Å². The Balaban J connectivity index is 1.00. The molecule has 7 rings (SSSR count). The quantitative estimate of drug-likeness (QED) is 0.215. The maximum absolute atomic E-state index is 13.5. The summed E-state index contributed by atoms with van der Waals surface area (Å²) in [4.78, 5) is 28.6. The summed E-state index contributed by atoms with van der Waals surface area (Å²) in [5.41, 5.74) is 4.29. The van der Waals surface area contributed by atoms with Crippen molar-refractivity contribution in [2.75, 3.05) is 26.8 Å². The summed E-state index contributed by atoms with van der Waals surface area (Å²) < 4.78 is 37.9. The number of hydrogen-bond acceptors (Lipinski definition) is 9. The molecule has 5 heterocycles. The van der Waals surface area contributed by atoms with Crippen molar-refractivity contribution in [1.82, 2.24) is 24.4 Å². The topological polar surface area (TPSA) is 105 Å². The second kappa shape index (κ2) is 11.7. The largest absolute Gasteiger partial charge is 0.468 e. The van der Waals surface area contributed by atoms with E-state index in [4.69, 9.17) is 28.6 Å². The Morgan fingerprint density at radius 3 is 2.67 bits per heavy atom. The number of methoxy groups -OCH3 is 1. The number of imidazole rings is 1. The Morgan fingerprint density at radius 2 is 1.88 bits per heavy atom. The molecular formula is C32H32FN5O5. The number of carbonyl (C=O) groups excluding carboxylic acids is 1. The summed E-state index contributed by atoms with van der Waals surface area (Å²) in [6.07, 6.45) is 3.11. The van der Waals surface area contributed by atoms with Gasteiger partial charge in [-0.25, -0.2) is 24.1 Å². The van der Waals surface area contributed by atoms with Gasteiger partial charge in [0, 0.05) is 30.4 Å². The van der Waals surface area contributed by atoms with Crippen molar-refractivity contribution in [3.05, 3.63) is 83.4 Å². The number of carbonyl (C=O) groups is 1. The van der Waals surface area contributed by atoms with E-state index in [2.05, 4.69) is 14.5 Å². The molecule has 0 saturated carbocycles. The van der Waals surface area contributed by atoms with Crippen molar-refractivity contribution in [2.24, 2.45) is 0 Å². The van der Waals surface area contributed by atoms with Crippen molar-refractivity contribution < 1.29 is 27.8 Å². The van der Waals surface area contributed by atoms with E-state index in [1.807, 2.05) is 30.3 Å². The van der Waals surface area contributed by atoms with Crippen LogP contribution in [0.3, 0.4) is 0 Å². The smallest absolute Gasteiger partial charge is 0.337 e. The first-order valence-corrected chi connectivity index (χ1v) is 14.6. The number of likely N-dealkylation sites (tertiary alicyclic amines) is 1. The normalized spacial score (nSPS) is 17.8. The van der Waals surface area contributed by atoms with Crippen LogP contribution in [-0.2, 0) is 29.2 Å². The zero-order chi connectivity index (χ0) is 29.3. The number of esters is 1. The molecule has 222 valence electrons. The Kier molecular flexibility index (Phi) is 7.50. The van der Waals surface area contributed by atoms with Crippen molar-refractivity contribution >= 4 is 28.1 Å². The highest BCUT2D eigenvalue weighted by Crippen LogP contribution is 2.30. The first-order valence-electron chi connectivity index (χ1n) is 14.6. The first kappa shape index (κ1) is 27.5. The van der Waals surface area contributed by atoms with Crippen LogP contribution in [0.25, 0.3) is 22.1 Å². The average Bonchev–Trinajstić information content (AvgIpc) is 3.57. The third kappa shape index (κ3) is 5.82. The van der Waals surface area contributed by atoms with Gasteiger partial charge in [-0.1, -0.05) is 6.07 Å². The lowest BCUT2D eigenvalue weighted by Crippen LogP contribution is -2.35.